The molecule has 3 heterocycles. The van der Waals surface area contributed by atoms with Crippen molar-refractivity contribution in [1.82, 2.24) is 19.6 Å². The number of ether oxygens (including phenoxy) is 2. The van der Waals surface area contributed by atoms with Crippen LogP contribution in [0.25, 0.3) is 11.3 Å². The highest BCUT2D eigenvalue weighted by atomic mass is 16.6. The van der Waals surface area contributed by atoms with Gasteiger partial charge in [0.1, 0.15) is 11.4 Å². The van der Waals surface area contributed by atoms with Crippen molar-refractivity contribution in [3.63, 3.8) is 0 Å². The smallest absolute Gasteiger partial charge is 0.410 e. The Hall–Kier alpha value is -3.03. The quantitative estimate of drug-likeness (QED) is 0.689. The number of aryl methyl sites for hydroxylation is 1. The predicted molar refractivity (Wildman–Crippen MR) is 125 cm³/mol. The summed E-state index contributed by atoms with van der Waals surface area (Å²) in [5.74, 6) is 1.49. The molecule has 4 rings (SSSR count). The van der Waals surface area contributed by atoms with Gasteiger partial charge in [-0.1, -0.05) is 6.07 Å². The van der Waals surface area contributed by atoms with Crippen LogP contribution in [0.3, 0.4) is 0 Å². The Morgan fingerprint density at radius 3 is 2.52 bits per heavy atom. The van der Waals surface area contributed by atoms with Crippen LogP contribution in [0.15, 0.2) is 30.5 Å². The molecule has 2 fully saturated rings. The molecular formula is C25H34N4O4. The standard InChI is InChI=1S/C25H34N4O4/c1-25(2,3)33-24(31)28-11-9-17(14-28)12-23(30)29-15-19(16-29)18-6-7-22(32-5)20(13-18)21-8-10-26-27(21)4/h6-8,10,13,17,19H,9,11-12,14-16H2,1-5H3/t17-/m0/s1. The monoisotopic (exact) mass is 454 g/mol. The van der Waals surface area contributed by atoms with Crippen molar-refractivity contribution >= 4 is 12.0 Å². The van der Waals surface area contributed by atoms with Crippen LogP contribution in [0.2, 0.25) is 0 Å². The van der Waals surface area contributed by atoms with E-state index in [-0.39, 0.29) is 17.9 Å². The number of rotatable bonds is 5. The maximum absolute atomic E-state index is 12.8. The number of carbonyl (C=O) groups excluding carboxylic acids is 2. The Balaban J connectivity index is 1.31. The summed E-state index contributed by atoms with van der Waals surface area (Å²) in [4.78, 5) is 28.7. The molecular weight excluding hydrogens is 420 g/mol. The fourth-order valence-corrected chi connectivity index (χ4v) is 4.58. The van der Waals surface area contributed by atoms with Gasteiger partial charge in [-0.05, 0) is 56.9 Å². The Morgan fingerprint density at radius 1 is 1.12 bits per heavy atom. The van der Waals surface area contributed by atoms with Crippen LogP contribution in [-0.2, 0) is 16.6 Å². The second-order valence-electron chi connectivity index (χ2n) is 10.1. The third-order valence-corrected chi connectivity index (χ3v) is 6.43. The second-order valence-corrected chi connectivity index (χ2v) is 10.1. The first-order valence-corrected chi connectivity index (χ1v) is 11.6. The van der Waals surface area contributed by atoms with E-state index in [2.05, 4.69) is 17.2 Å². The number of nitrogens with zero attached hydrogens (tertiary/aromatic N) is 4. The number of hydrogen-bond donors (Lipinski definition) is 0. The van der Waals surface area contributed by atoms with Crippen LogP contribution in [0.5, 0.6) is 5.75 Å². The lowest BCUT2D eigenvalue weighted by Crippen LogP contribution is -2.49. The molecule has 0 unspecified atom stereocenters. The third-order valence-electron chi connectivity index (χ3n) is 6.43. The molecule has 8 nitrogen and oxygen atoms in total. The largest absolute Gasteiger partial charge is 0.496 e. The summed E-state index contributed by atoms with van der Waals surface area (Å²) in [5.41, 5.74) is 2.70. The molecule has 33 heavy (non-hydrogen) atoms. The highest BCUT2D eigenvalue weighted by Gasteiger charge is 2.36. The van der Waals surface area contributed by atoms with E-state index >= 15 is 0 Å². The van der Waals surface area contributed by atoms with Crippen LogP contribution in [0.1, 0.15) is 45.1 Å². The molecule has 0 spiro atoms. The molecule has 0 saturated carbocycles. The normalized spacial score (nSPS) is 18.9. The molecule has 1 atom stereocenters. The van der Waals surface area contributed by atoms with E-state index in [1.165, 1.54) is 5.56 Å². The molecule has 2 saturated heterocycles. The molecule has 0 aliphatic carbocycles. The molecule has 2 aromatic rings. The maximum Gasteiger partial charge on any atom is 0.410 e. The van der Waals surface area contributed by atoms with Crippen molar-refractivity contribution in [3.05, 3.63) is 36.0 Å². The molecule has 2 amide bonds. The van der Waals surface area contributed by atoms with E-state index in [1.54, 1.807) is 18.2 Å². The minimum Gasteiger partial charge on any atom is -0.496 e. The Labute approximate surface area is 195 Å². The van der Waals surface area contributed by atoms with E-state index in [4.69, 9.17) is 9.47 Å². The summed E-state index contributed by atoms with van der Waals surface area (Å²) < 4.78 is 12.8. The molecule has 1 aromatic carbocycles. The van der Waals surface area contributed by atoms with Gasteiger partial charge in [-0.2, -0.15) is 5.10 Å². The van der Waals surface area contributed by atoms with Crippen molar-refractivity contribution in [2.75, 3.05) is 33.3 Å². The van der Waals surface area contributed by atoms with Crippen molar-refractivity contribution in [2.24, 2.45) is 13.0 Å². The van der Waals surface area contributed by atoms with Crippen LogP contribution in [0, 0.1) is 5.92 Å². The van der Waals surface area contributed by atoms with Crippen molar-refractivity contribution in [3.8, 4) is 17.0 Å². The average molecular weight is 455 g/mol. The van der Waals surface area contributed by atoms with Gasteiger partial charge in [0.25, 0.3) is 0 Å². The zero-order chi connectivity index (χ0) is 23.8. The summed E-state index contributed by atoms with van der Waals surface area (Å²) >= 11 is 0. The fraction of sp³-hybridized carbons (Fsp3) is 0.560. The lowest BCUT2D eigenvalue weighted by atomic mass is 9.89. The molecule has 0 radical (unpaired) electrons. The summed E-state index contributed by atoms with van der Waals surface area (Å²) in [7, 11) is 3.59. The Morgan fingerprint density at radius 2 is 1.88 bits per heavy atom. The molecule has 0 N–H and O–H groups in total. The van der Waals surface area contributed by atoms with Crippen LogP contribution in [-0.4, -0.2) is 70.5 Å². The first kappa shape index (κ1) is 23.1. The molecule has 8 heteroatoms. The topological polar surface area (TPSA) is 76.9 Å². The highest BCUT2D eigenvalue weighted by Crippen LogP contribution is 2.36. The van der Waals surface area contributed by atoms with Crippen molar-refractivity contribution < 1.29 is 19.1 Å². The first-order chi connectivity index (χ1) is 15.6. The van der Waals surface area contributed by atoms with Crippen molar-refractivity contribution in [2.45, 2.75) is 45.1 Å². The Kier molecular flexibility index (Phi) is 6.36. The van der Waals surface area contributed by atoms with Gasteiger partial charge in [-0.15, -0.1) is 0 Å². The minimum absolute atomic E-state index is 0.169. The van der Waals surface area contributed by atoms with E-state index in [0.29, 0.717) is 25.4 Å². The molecule has 1 aromatic heterocycles. The molecule has 0 bridgehead atoms. The van der Waals surface area contributed by atoms with E-state index in [1.807, 2.05) is 49.5 Å². The highest BCUT2D eigenvalue weighted by molar-refractivity contribution is 5.78. The van der Waals surface area contributed by atoms with Gasteiger partial charge in [-0.3, -0.25) is 9.48 Å². The SMILES string of the molecule is COc1ccc(C2CN(C(=O)C[C@@H]3CCN(C(=O)OC(C)(C)C)C3)C2)cc1-c1ccnn1C. The van der Waals surface area contributed by atoms with Gasteiger partial charge >= 0.3 is 6.09 Å². The lowest BCUT2D eigenvalue weighted by molar-refractivity contribution is -0.136. The van der Waals surface area contributed by atoms with Gasteiger partial charge in [0, 0.05) is 57.3 Å². The maximum atomic E-state index is 12.8. The average Bonchev–Trinajstić information content (AvgIpc) is 3.34. The summed E-state index contributed by atoms with van der Waals surface area (Å²) in [6.07, 6.45) is 2.81. The number of methoxy groups -OCH3 is 1. The van der Waals surface area contributed by atoms with Gasteiger partial charge < -0.3 is 19.3 Å². The summed E-state index contributed by atoms with van der Waals surface area (Å²) in [6.45, 7) is 8.28. The molecule has 178 valence electrons. The van der Waals surface area contributed by atoms with Crippen LogP contribution in [0.4, 0.5) is 4.79 Å². The van der Waals surface area contributed by atoms with Gasteiger partial charge in [0.15, 0.2) is 0 Å². The van der Waals surface area contributed by atoms with E-state index < -0.39 is 5.60 Å². The van der Waals surface area contributed by atoms with Crippen LogP contribution >= 0.6 is 0 Å². The van der Waals surface area contributed by atoms with Gasteiger partial charge in [0.2, 0.25) is 5.91 Å². The van der Waals surface area contributed by atoms with Gasteiger partial charge in [0.05, 0.1) is 12.8 Å². The molecule has 2 aliphatic heterocycles. The zero-order valence-electron chi connectivity index (χ0n) is 20.2. The first-order valence-electron chi connectivity index (χ1n) is 11.6. The van der Waals surface area contributed by atoms with Crippen molar-refractivity contribution in [1.29, 1.82) is 0 Å². The number of amides is 2. The lowest BCUT2D eigenvalue weighted by Gasteiger charge is -2.40. The number of benzene rings is 1. The Bertz CT molecular complexity index is 1020. The third kappa shape index (κ3) is 5.15. The summed E-state index contributed by atoms with van der Waals surface area (Å²) in [6, 6.07) is 8.20. The number of aromatic nitrogens is 2. The number of hydrogen-bond acceptors (Lipinski definition) is 5. The summed E-state index contributed by atoms with van der Waals surface area (Å²) in [5, 5.41) is 4.27. The zero-order valence-corrected chi connectivity index (χ0v) is 20.2. The van der Waals surface area contributed by atoms with E-state index in [9.17, 15) is 9.59 Å². The second kappa shape index (κ2) is 9.08. The minimum atomic E-state index is -0.504. The fourth-order valence-electron chi connectivity index (χ4n) is 4.58. The van der Waals surface area contributed by atoms with Crippen LogP contribution < -0.4 is 4.74 Å². The number of carbonyl (C=O) groups is 2. The van der Waals surface area contributed by atoms with E-state index in [0.717, 1.165) is 36.5 Å². The molecule has 2 aliphatic rings. The number of likely N-dealkylation sites (tertiary alicyclic amines) is 2. The predicted octanol–water partition coefficient (Wildman–Crippen LogP) is 3.67. The van der Waals surface area contributed by atoms with Gasteiger partial charge in [-0.25, -0.2) is 4.79 Å².